The van der Waals surface area contributed by atoms with Crippen molar-refractivity contribution in [2.45, 2.75) is 30.1 Å². The first kappa shape index (κ1) is 29.1. The summed E-state index contributed by atoms with van der Waals surface area (Å²) in [7, 11) is 0. The first-order valence-electron chi connectivity index (χ1n) is 12.2. The fourth-order valence-corrected chi connectivity index (χ4v) is 5.48. The van der Waals surface area contributed by atoms with Crippen LogP contribution < -0.4 is 0 Å². The summed E-state index contributed by atoms with van der Waals surface area (Å²) in [6.45, 7) is 0. The molecule has 0 spiro atoms. The molecule has 0 aromatic heterocycles. The van der Waals surface area contributed by atoms with Crippen LogP contribution in [0.4, 0.5) is 17.6 Å². The first-order valence-corrected chi connectivity index (χ1v) is 13.0. The van der Waals surface area contributed by atoms with Gasteiger partial charge >= 0.3 is 11.8 Å². The topological polar surface area (TPSA) is 51.2 Å². The highest BCUT2D eigenvalue weighted by molar-refractivity contribution is 9.10. The maximum absolute atomic E-state index is 14.4. The number of halogens is 5. The Bertz CT molecular complexity index is 1510. The highest BCUT2D eigenvalue weighted by atomic mass is 79.9. The molecule has 4 aromatic carbocycles. The normalized spacial score (nSPS) is 13.3. The Morgan fingerprint density at radius 1 is 0.650 bits per heavy atom. The average molecular weight is 611 g/mol. The molecule has 4 rings (SSSR count). The highest BCUT2D eigenvalue weighted by Gasteiger charge is 2.42. The van der Waals surface area contributed by atoms with Gasteiger partial charge in [-0.15, -0.1) is 0 Å². The molecule has 204 valence electrons. The first-order chi connectivity index (χ1) is 19.0. The number of hydrogen-bond donors (Lipinski definition) is 0. The van der Waals surface area contributed by atoms with Crippen LogP contribution in [0.1, 0.15) is 38.2 Å². The van der Waals surface area contributed by atoms with Crippen molar-refractivity contribution in [1.82, 2.24) is 0 Å². The van der Waals surface area contributed by atoms with E-state index >= 15 is 0 Å². The van der Waals surface area contributed by atoms with E-state index in [-0.39, 0.29) is 23.1 Å². The molecule has 0 amide bonds. The molecule has 3 nitrogen and oxygen atoms in total. The van der Waals surface area contributed by atoms with Crippen LogP contribution in [-0.2, 0) is 39.7 Å². The van der Waals surface area contributed by atoms with E-state index in [1.165, 1.54) is 24.3 Å². The van der Waals surface area contributed by atoms with Crippen molar-refractivity contribution >= 4 is 34.3 Å². The summed E-state index contributed by atoms with van der Waals surface area (Å²) >= 11 is 3.15. The Balaban J connectivity index is 1.88. The molecule has 40 heavy (non-hydrogen) atoms. The minimum Gasteiger partial charge on any atom is -0.296 e. The molecule has 0 fully saturated rings. The lowest BCUT2D eigenvalue weighted by atomic mass is 9.67. The second-order valence-corrected chi connectivity index (χ2v) is 10.3. The standard InChI is InChI=1S/C32H23BrF4O3/c33-28-17-23(13-16-27(28)32(36,37)21-39)19-30(25-9-5-2-6-10-25,29(40)24-7-3-1-4-8-24)18-22-11-14-26(15-12-22)31(34,35)20-38/h1-17,20-21H,18-19H2. The van der Waals surface area contributed by atoms with Gasteiger partial charge in [0.25, 0.3) is 0 Å². The minimum atomic E-state index is -3.70. The molecular formula is C32H23BrF4O3. The number of ketones is 1. The molecule has 4 aromatic rings. The molecule has 0 bridgehead atoms. The van der Waals surface area contributed by atoms with E-state index in [9.17, 15) is 31.9 Å². The van der Waals surface area contributed by atoms with Gasteiger partial charge in [0, 0.05) is 21.2 Å². The summed E-state index contributed by atoms with van der Waals surface area (Å²) in [5.41, 5.74) is -0.0930. The van der Waals surface area contributed by atoms with Crippen LogP contribution in [0.15, 0.2) is 108 Å². The Kier molecular flexibility index (Phi) is 8.49. The van der Waals surface area contributed by atoms with Gasteiger partial charge in [-0.2, -0.15) is 17.6 Å². The van der Waals surface area contributed by atoms with E-state index in [4.69, 9.17) is 0 Å². The molecule has 0 aliphatic heterocycles. The number of alkyl halides is 4. The van der Waals surface area contributed by atoms with Crippen LogP contribution >= 0.6 is 15.9 Å². The number of carbonyl (C=O) groups excluding carboxylic acids is 3. The predicted molar refractivity (Wildman–Crippen MR) is 147 cm³/mol. The van der Waals surface area contributed by atoms with Crippen LogP contribution in [0.25, 0.3) is 0 Å². The fourth-order valence-electron chi connectivity index (χ4n) is 4.79. The largest absolute Gasteiger partial charge is 0.328 e. The monoisotopic (exact) mass is 610 g/mol. The third kappa shape index (κ3) is 5.97. The predicted octanol–water partition coefficient (Wildman–Crippen LogP) is 7.64. The smallest absolute Gasteiger partial charge is 0.296 e. The van der Waals surface area contributed by atoms with Gasteiger partial charge in [-0.1, -0.05) is 113 Å². The molecular weight excluding hydrogens is 588 g/mol. The van der Waals surface area contributed by atoms with Crippen molar-refractivity contribution in [3.05, 3.63) is 141 Å². The van der Waals surface area contributed by atoms with E-state index in [2.05, 4.69) is 15.9 Å². The van der Waals surface area contributed by atoms with Gasteiger partial charge in [0.05, 0.1) is 5.41 Å². The van der Waals surface area contributed by atoms with Gasteiger partial charge in [-0.3, -0.25) is 14.4 Å². The maximum Gasteiger partial charge on any atom is 0.328 e. The lowest BCUT2D eigenvalue weighted by Gasteiger charge is -2.34. The van der Waals surface area contributed by atoms with Crippen molar-refractivity contribution in [2.75, 3.05) is 0 Å². The van der Waals surface area contributed by atoms with Crippen LogP contribution in [0.3, 0.4) is 0 Å². The number of aldehydes is 2. The Hall–Kier alpha value is -3.91. The molecule has 0 N–H and O–H groups in total. The lowest BCUT2D eigenvalue weighted by molar-refractivity contribution is -0.130. The summed E-state index contributed by atoms with van der Waals surface area (Å²) in [5, 5.41) is 0. The molecule has 1 atom stereocenters. The third-order valence-corrected chi connectivity index (χ3v) is 7.49. The zero-order valence-corrected chi connectivity index (χ0v) is 22.6. The summed E-state index contributed by atoms with van der Waals surface area (Å²) in [6.07, 6.45) is -0.702. The number of benzene rings is 4. The molecule has 0 saturated carbocycles. The van der Waals surface area contributed by atoms with E-state index in [0.29, 0.717) is 22.3 Å². The maximum atomic E-state index is 14.4. The van der Waals surface area contributed by atoms with Crippen LogP contribution in [0.2, 0.25) is 0 Å². The van der Waals surface area contributed by atoms with Gasteiger partial charge in [0.1, 0.15) is 0 Å². The molecule has 0 aliphatic rings. The zero-order valence-electron chi connectivity index (χ0n) is 21.0. The van der Waals surface area contributed by atoms with Crippen molar-refractivity contribution in [3.8, 4) is 0 Å². The van der Waals surface area contributed by atoms with Crippen molar-refractivity contribution < 1.29 is 31.9 Å². The Morgan fingerprint density at radius 3 is 1.73 bits per heavy atom. The number of carbonyl (C=O) groups is 3. The Labute approximate surface area is 237 Å². The van der Waals surface area contributed by atoms with Gasteiger partial charge < -0.3 is 0 Å². The molecule has 0 radical (unpaired) electrons. The van der Waals surface area contributed by atoms with E-state index < -0.39 is 41.0 Å². The second-order valence-electron chi connectivity index (χ2n) is 9.49. The quantitative estimate of drug-likeness (QED) is 0.0996. The van der Waals surface area contributed by atoms with Crippen molar-refractivity contribution in [1.29, 1.82) is 0 Å². The average Bonchev–Trinajstić information content (AvgIpc) is 2.97. The second kappa shape index (κ2) is 11.7. The van der Waals surface area contributed by atoms with Gasteiger partial charge in [0.15, 0.2) is 18.4 Å². The number of Topliss-reactive ketones (excluding diaryl/α,β-unsaturated/α-hetero) is 1. The summed E-state index contributed by atoms with van der Waals surface area (Å²) in [4.78, 5) is 36.2. The van der Waals surface area contributed by atoms with Crippen LogP contribution in [0.5, 0.6) is 0 Å². The molecule has 8 heteroatoms. The van der Waals surface area contributed by atoms with Crippen LogP contribution in [0, 0.1) is 0 Å². The van der Waals surface area contributed by atoms with Gasteiger partial charge in [-0.05, 0) is 35.6 Å². The van der Waals surface area contributed by atoms with Gasteiger partial charge in [-0.25, -0.2) is 0 Å². The number of hydrogen-bond acceptors (Lipinski definition) is 3. The van der Waals surface area contributed by atoms with Crippen molar-refractivity contribution in [2.24, 2.45) is 0 Å². The summed E-state index contributed by atoms with van der Waals surface area (Å²) in [5.74, 6) is -7.59. The molecule has 0 aliphatic carbocycles. The summed E-state index contributed by atoms with van der Waals surface area (Å²) < 4.78 is 56.1. The third-order valence-electron chi connectivity index (χ3n) is 6.84. The number of rotatable bonds is 11. The van der Waals surface area contributed by atoms with E-state index in [1.54, 1.807) is 60.7 Å². The lowest BCUT2D eigenvalue weighted by Crippen LogP contribution is -2.40. The van der Waals surface area contributed by atoms with Crippen LogP contribution in [-0.4, -0.2) is 18.4 Å². The zero-order chi connectivity index (χ0) is 29.0. The van der Waals surface area contributed by atoms with Gasteiger partial charge in [0.2, 0.25) is 0 Å². The molecule has 0 saturated heterocycles. The van der Waals surface area contributed by atoms with Crippen molar-refractivity contribution in [3.63, 3.8) is 0 Å². The summed E-state index contributed by atoms with van der Waals surface area (Å²) in [6, 6.07) is 26.8. The van der Waals surface area contributed by atoms with E-state index in [0.717, 1.165) is 18.2 Å². The minimum absolute atomic E-state index is 0.0108. The van der Waals surface area contributed by atoms with E-state index in [1.807, 2.05) is 0 Å². The molecule has 0 heterocycles. The SMILES string of the molecule is O=CC(F)(F)c1ccc(CC(Cc2ccc(C(F)(F)C=O)c(Br)c2)(C(=O)c2ccccc2)c2ccccc2)cc1. The highest BCUT2D eigenvalue weighted by Crippen LogP contribution is 2.39. The molecule has 1 unspecified atom stereocenters. The Morgan fingerprint density at radius 2 is 1.18 bits per heavy atom. The fraction of sp³-hybridized carbons (Fsp3) is 0.156.